The maximum Gasteiger partial charge on any atom is 0.164 e. The Morgan fingerprint density at radius 1 is 1.18 bits per heavy atom. The monoisotopic (exact) mass is 416 g/mol. The van der Waals surface area contributed by atoms with Crippen molar-refractivity contribution in [1.29, 1.82) is 0 Å². The highest BCUT2D eigenvalue weighted by atomic mass is 32.2. The zero-order valence-corrected chi connectivity index (χ0v) is 17.7. The number of rotatable bonds is 5. The molecule has 0 aliphatic carbocycles. The summed E-state index contributed by atoms with van der Waals surface area (Å²) in [5, 5.41) is 0.929. The minimum Gasteiger partial charge on any atom is -0.494 e. The summed E-state index contributed by atoms with van der Waals surface area (Å²) in [6.45, 7) is 5.37. The Morgan fingerprint density at radius 2 is 1.96 bits per heavy atom. The first kappa shape index (κ1) is 19.3. The van der Waals surface area contributed by atoms with Crippen LogP contribution >= 0.6 is 11.8 Å². The number of nitrogens with zero attached hydrogens (tertiary/aromatic N) is 2. The highest BCUT2D eigenvalue weighted by molar-refractivity contribution is 8.15. The highest BCUT2D eigenvalue weighted by Gasteiger charge is 2.44. The van der Waals surface area contributed by atoms with E-state index >= 15 is 0 Å². The molecule has 2 aliphatic rings. The Bertz CT molecular complexity index is 987. The number of fused-ring (bicyclic) bond motifs is 1. The van der Waals surface area contributed by atoms with Crippen LogP contribution in [0.3, 0.4) is 0 Å². The minimum absolute atomic E-state index is 0.0303. The van der Waals surface area contributed by atoms with Crippen molar-refractivity contribution < 1.29 is 13.2 Å². The van der Waals surface area contributed by atoms with Crippen molar-refractivity contribution >= 4 is 32.5 Å². The Morgan fingerprint density at radius 3 is 2.64 bits per heavy atom. The summed E-state index contributed by atoms with van der Waals surface area (Å²) in [5.74, 6) is 1.22. The number of aliphatic imine (C=N–C) groups is 1. The van der Waals surface area contributed by atoms with E-state index in [0.717, 1.165) is 16.6 Å². The molecule has 0 amide bonds. The van der Waals surface area contributed by atoms with Crippen molar-refractivity contribution in [3.05, 3.63) is 59.7 Å². The summed E-state index contributed by atoms with van der Waals surface area (Å²) in [4.78, 5) is 6.98. The molecule has 0 spiro atoms. The fraction of sp³-hybridized carbons (Fsp3) is 0.381. The predicted molar refractivity (Wildman–Crippen MR) is 116 cm³/mol. The highest BCUT2D eigenvalue weighted by Crippen LogP contribution is 2.37. The summed E-state index contributed by atoms with van der Waals surface area (Å²) >= 11 is 1.59. The van der Waals surface area contributed by atoms with Gasteiger partial charge in [0.2, 0.25) is 0 Å². The topological polar surface area (TPSA) is 59.0 Å². The second-order valence-corrected chi connectivity index (χ2v) is 10.6. The van der Waals surface area contributed by atoms with Crippen molar-refractivity contribution in [1.82, 2.24) is 0 Å². The minimum atomic E-state index is -2.96. The Balaban J connectivity index is 1.64. The fourth-order valence-electron chi connectivity index (χ4n) is 3.62. The standard InChI is InChI=1S/C21H24N2O3S2/c1-3-26-18-9-7-17(8-10-18)23(12-16-6-4-5-15(2)11-16)21-22-19-13-28(24,25)14-20(19)27-21/h4-11,19-20H,3,12-14H2,1-2H3/t19-,20+/m0/s1. The summed E-state index contributed by atoms with van der Waals surface area (Å²) in [5.41, 5.74) is 3.44. The molecular weight excluding hydrogens is 392 g/mol. The zero-order valence-electron chi connectivity index (χ0n) is 16.0. The molecule has 0 aromatic heterocycles. The zero-order chi connectivity index (χ0) is 19.7. The van der Waals surface area contributed by atoms with Gasteiger partial charge in [0.25, 0.3) is 0 Å². The molecule has 2 heterocycles. The molecule has 2 aliphatic heterocycles. The molecule has 2 aromatic carbocycles. The normalized spacial score (nSPS) is 22.6. The van der Waals surface area contributed by atoms with Gasteiger partial charge in [0.15, 0.2) is 15.0 Å². The molecule has 2 aromatic rings. The van der Waals surface area contributed by atoms with Gasteiger partial charge in [0.1, 0.15) is 5.75 Å². The number of benzene rings is 2. The molecule has 7 heteroatoms. The maximum atomic E-state index is 11.9. The van der Waals surface area contributed by atoms with Gasteiger partial charge in [-0.25, -0.2) is 8.42 Å². The number of amidine groups is 1. The second kappa shape index (κ2) is 7.79. The van der Waals surface area contributed by atoms with Crippen LogP contribution in [-0.4, -0.2) is 43.0 Å². The third kappa shape index (κ3) is 4.20. The molecule has 0 saturated carbocycles. The molecule has 1 saturated heterocycles. The van der Waals surface area contributed by atoms with Crippen LogP contribution in [-0.2, 0) is 16.4 Å². The van der Waals surface area contributed by atoms with E-state index in [0.29, 0.717) is 13.2 Å². The lowest BCUT2D eigenvalue weighted by Gasteiger charge is -2.25. The summed E-state index contributed by atoms with van der Waals surface area (Å²) in [6.07, 6.45) is 0. The summed E-state index contributed by atoms with van der Waals surface area (Å²) in [7, 11) is -2.96. The number of hydrogen-bond donors (Lipinski definition) is 0. The third-order valence-corrected chi connectivity index (χ3v) is 8.17. The van der Waals surface area contributed by atoms with E-state index in [-0.39, 0.29) is 22.8 Å². The van der Waals surface area contributed by atoms with Gasteiger partial charge in [-0.3, -0.25) is 4.99 Å². The van der Waals surface area contributed by atoms with E-state index in [1.807, 2.05) is 31.2 Å². The van der Waals surface area contributed by atoms with Crippen molar-refractivity contribution in [3.8, 4) is 5.75 Å². The molecule has 1 fully saturated rings. The van der Waals surface area contributed by atoms with Crippen molar-refractivity contribution in [2.45, 2.75) is 31.7 Å². The molecule has 4 rings (SSSR count). The van der Waals surface area contributed by atoms with Gasteiger partial charge >= 0.3 is 0 Å². The van der Waals surface area contributed by atoms with Crippen LogP contribution in [0, 0.1) is 6.92 Å². The SMILES string of the molecule is CCOc1ccc(N(Cc2cccc(C)c2)C2=N[C@H]3CS(=O)(=O)C[C@H]3S2)cc1. The number of sulfone groups is 1. The van der Waals surface area contributed by atoms with Gasteiger partial charge in [-0.1, -0.05) is 41.6 Å². The molecular formula is C21H24N2O3S2. The van der Waals surface area contributed by atoms with Gasteiger partial charge in [-0.05, 0) is 43.7 Å². The molecule has 5 nitrogen and oxygen atoms in total. The molecule has 28 heavy (non-hydrogen) atoms. The molecule has 0 radical (unpaired) electrons. The van der Waals surface area contributed by atoms with Crippen LogP contribution in [0.1, 0.15) is 18.1 Å². The van der Waals surface area contributed by atoms with Crippen molar-refractivity contribution in [3.63, 3.8) is 0 Å². The first-order chi connectivity index (χ1) is 13.4. The van der Waals surface area contributed by atoms with E-state index in [1.165, 1.54) is 11.1 Å². The lowest BCUT2D eigenvalue weighted by atomic mass is 10.1. The number of hydrogen-bond acceptors (Lipinski definition) is 6. The molecule has 148 valence electrons. The number of aryl methyl sites for hydroxylation is 1. The second-order valence-electron chi connectivity index (χ2n) is 7.21. The van der Waals surface area contributed by atoms with E-state index in [1.54, 1.807) is 11.8 Å². The number of anilines is 1. The molecule has 0 unspecified atom stereocenters. The Kier molecular flexibility index (Phi) is 5.38. The molecule has 2 atom stereocenters. The molecule has 0 bridgehead atoms. The van der Waals surface area contributed by atoms with E-state index in [4.69, 9.17) is 9.73 Å². The fourth-order valence-corrected chi connectivity index (χ4v) is 7.40. The van der Waals surface area contributed by atoms with Crippen LogP contribution in [0.25, 0.3) is 0 Å². The van der Waals surface area contributed by atoms with Crippen LogP contribution in [0.5, 0.6) is 5.75 Å². The Labute approximate surface area is 170 Å². The van der Waals surface area contributed by atoms with Gasteiger partial charge in [0, 0.05) is 10.9 Å². The van der Waals surface area contributed by atoms with E-state index < -0.39 is 9.84 Å². The maximum absolute atomic E-state index is 11.9. The first-order valence-corrected chi connectivity index (χ1v) is 12.1. The number of ether oxygens (including phenoxy) is 1. The van der Waals surface area contributed by atoms with Crippen LogP contribution in [0.4, 0.5) is 5.69 Å². The lowest BCUT2D eigenvalue weighted by molar-refractivity contribution is 0.340. The van der Waals surface area contributed by atoms with Gasteiger partial charge in [-0.15, -0.1) is 0 Å². The average molecular weight is 417 g/mol. The summed E-state index contributed by atoms with van der Waals surface area (Å²) in [6, 6.07) is 16.3. The third-order valence-electron chi connectivity index (χ3n) is 4.92. The first-order valence-electron chi connectivity index (χ1n) is 9.44. The number of thioether (sulfide) groups is 1. The van der Waals surface area contributed by atoms with E-state index in [2.05, 4.69) is 36.1 Å². The van der Waals surface area contributed by atoms with Crippen LogP contribution in [0.15, 0.2) is 53.5 Å². The Hall–Kier alpha value is -1.99. The quantitative estimate of drug-likeness (QED) is 0.744. The van der Waals surface area contributed by atoms with Crippen molar-refractivity contribution in [2.75, 3.05) is 23.0 Å². The molecule has 0 N–H and O–H groups in total. The predicted octanol–water partition coefficient (Wildman–Crippen LogP) is 3.67. The smallest absolute Gasteiger partial charge is 0.164 e. The van der Waals surface area contributed by atoms with Crippen LogP contribution in [0.2, 0.25) is 0 Å². The van der Waals surface area contributed by atoms with Gasteiger partial charge in [0.05, 0.1) is 30.7 Å². The van der Waals surface area contributed by atoms with Crippen LogP contribution < -0.4 is 9.64 Å². The average Bonchev–Trinajstić information content (AvgIpc) is 3.14. The summed E-state index contributed by atoms with van der Waals surface area (Å²) < 4.78 is 29.4. The van der Waals surface area contributed by atoms with Gasteiger partial charge < -0.3 is 9.64 Å². The van der Waals surface area contributed by atoms with Crippen molar-refractivity contribution in [2.24, 2.45) is 4.99 Å². The largest absolute Gasteiger partial charge is 0.494 e. The van der Waals surface area contributed by atoms with Gasteiger partial charge in [-0.2, -0.15) is 0 Å². The van der Waals surface area contributed by atoms with E-state index in [9.17, 15) is 8.42 Å². The lowest BCUT2D eigenvalue weighted by Crippen LogP contribution is -2.28.